The van der Waals surface area contributed by atoms with E-state index in [9.17, 15) is 18.0 Å². The molecule has 6 aromatic rings. The quantitative estimate of drug-likeness (QED) is 0.135. The molecule has 2 amide bonds. The molecule has 1 saturated heterocycles. The molecular formula is C46H45F2N5O6S. The third kappa shape index (κ3) is 8.26. The van der Waals surface area contributed by atoms with Gasteiger partial charge in [-0.25, -0.2) is 26.9 Å². The largest absolute Gasteiger partial charge is 0.454 e. The van der Waals surface area contributed by atoms with Gasteiger partial charge in [0.05, 0.1) is 28.9 Å². The van der Waals surface area contributed by atoms with Gasteiger partial charge < -0.3 is 9.72 Å². The minimum Gasteiger partial charge on any atom is -0.454 e. The summed E-state index contributed by atoms with van der Waals surface area (Å²) in [5.41, 5.74) is 2.01. The normalized spacial score (nSPS) is 20.2. The molecular weight excluding hydrogens is 789 g/mol. The molecule has 0 radical (unpaired) electrons. The summed E-state index contributed by atoms with van der Waals surface area (Å²) in [7, 11) is -1.97. The van der Waals surface area contributed by atoms with E-state index in [1.807, 2.05) is 75.4 Å². The Labute approximate surface area is 346 Å². The highest BCUT2D eigenvalue weighted by Crippen LogP contribution is 2.41. The fraction of sp³-hybridized carbons (Fsp3) is 0.304. The van der Waals surface area contributed by atoms with Gasteiger partial charge in [0.2, 0.25) is 0 Å². The number of nitrogens with one attached hydrogen (secondary N) is 1. The van der Waals surface area contributed by atoms with Crippen LogP contribution in [0.3, 0.4) is 0 Å². The molecule has 8 rings (SSSR count). The number of imide groups is 1. The zero-order chi connectivity index (χ0) is 42.4. The Morgan fingerprint density at radius 3 is 2.55 bits per heavy atom. The molecule has 1 unspecified atom stereocenters. The van der Waals surface area contributed by atoms with Crippen molar-refractivity contribution in [2.24, 2.45) is 12.5 Å². The van der Waals surface area contributed by atoms with Gasteiger partial charge in [0.15, 0.2) is 33.1 Å². The van der Waals surface area contributed by atoms with Crippen molar-refractivity contribution in [2.45, 2.75) is 64.9 Å². The van der Waals surface area contributed by atoms with Crippen LogP contribution in [0.2, 0.25) is 0 Å². The van der Waals surface area contributed by atoms with Crippen LogP contribution in [0.1, 0.15) is 74.5 Å². The maximum absolute atomic E-state index is 15.8. The van der Waals surface area contributed by atoms with Crippen LogP contribution in [-0.4, -0.2) is 56.5 Å². The lowest BCUT2D eigenvalue weighted by molar-refractivity contribution is -0.190. The number of ether oxygens (including phenoxy) is 1. The number of carbonyl (C=O) groups excluding carboxylic acids is 2. The second-order valence-corrected chi connectivity index (χ2v) is 18.8. The van der Waals surface area contributed by atoms with E-state index < -0.39 is 44.1 Å². The van der Waals surface area contributed by atoms with Gasteiger partial charge in [0.25, 0.3) is 11.8 Å². The van der Waals surface area contributed by atoms with E-state index in [0.29, 0.717) is 47.1 Å². The van der Waals surface area contributed by atoms with Crippen molar-refractivity contribution in [3.63, 3.8) is 0 Å². The molecule has 1 atom stereocenters. The minimum absolute atomic E-state index is 0.00360. The third-order valence-corrected chi connectivity index (χ3v) is 13.5. The molecule has 60 heavy (non-hydrogen) atoms. The lowest BCUT2D eigenvalue weighted by atomic mass is 9.75. The van der Waals surface area contributed by atoms with E-state index in [1.54, 1.807) is 25.4 Å². The van der Waals surface area contributed by atoms with Crippen LogP contribution in [0, 0.1) is 17.0 Å². The predicted molar refractivity (Wildman–Crippen MR) is 223 cm³/mol. The van der Waals surface area contributed by atoms with Crippen LogP contribution < -0.4 is 4.74 Å². The average Bonchev–Trinajstić information content (AvgIpc) is 3.90. The number of hydroxylamine groups is 2. The number of nitrogens with zero attached hydrogens (tertiary/aromatic N) is 4. The Balaban J connectivity index is 1.17. The van der Waals surface area contributed by atoms with Crippen LogP contribution >= 0.6 is 0 Å². The highest BCUT2D eigenvalue weighted by Gasteiger charge is 2.38. The number of fused-ring (bicyclic) bond motifs is 8. The Morgan fingerprint density at radius 2 is 1.75 bits per heavy atom. The van der Waals surface area contributed by atoms with E-state index in [4.69, 9.17) is 19.7 Å². The molecule has 1 fully saturated rings. The van der Waals surface area contributed by atoms with Crippen molar-refractivity contribution in [3.05, 3.63) is 136 Å². The summed E-state index contributed by atoms with van der Waals surface area (Å²) >= 11 is 0. The van der Waals surface area contributed by atoms with E-state index in [0.717, 1.165) is 16.2 Å². The summed E-state index contributed by atoms with van der Waals surface area (Å²) in [4.78, 5) is 39.8. The fourth-order valence-electron chi connectivity index (χ4n) is 8.28. The van der Waals surface area contributed by atoms with Crippen LogP contribution in [0.4, 0.5) is 8.78 Å². The lowest BCUT2D eigenvalue weighted by Gasteiger charge is -2.30. The average molecular weight is 834 g/mol. The number of halogens is 2. The van der Waals surface area contributed by atoms with Crippen LogP contribution in [0.15, 0.2) is 96.7 Å². The minimum atomic E-state index is -3.64. The molecule has 4 heterocycles. The number of amides is 2. The summed E-state index contributed by atoms with van der Waals surface area (Å²) < 4.78 is 66.8. The number of aromatic amines is 1. The Morgan fingerprint density at radius 1 is 0.950 bits per heavy atom. The maximum Gasteiger partial charge on any atom is 0.281 e. The predicted octanol–water partition coefficient (Wildman–Crippen LogP) is 8.78. The molecule has 1 N–H and O–H groups in total. The zero-order valence-electron chi connectivity index (χ0n) is 33.8. The summed E-state index contributed by atoms with van der Waals surface area (Å²) in [5.74, 6) is -1.99. The third-order valence-electron chi connectivity index (χ3n) is 11.4. The van der Waals surface area contributed by atoms with Crippen molar-refractivity contribution in [3.8, 4) is 22.9 Å². The monoisotopic (exact) mass is 833 g/mol. The standard InChI is InChI=1S/C46H45F2N5O6S/c1-45(2)18-9-19-46(3,32-13-8-12-30(23-32)22-31-24-40(54)53(43(31)55)58-27-29-10-6-5-7-11-29)44-50-42(52(4)51-44)36-25-33(14-15-37(36)47)59-41-35(17-21-60(56,57)28-45)34-16-20-49-39(34)26-38(41)48/h5-8,10-16,20,22-23,25-26,49H,9,17-19,21,24,27-28H2,1-4H3/b31-22-. The highest BCUT2D eigenvalue weighted by molar-refractivity contribution is 7.91. The van der Waals surface area contributed by atoms with Gasteiger partial charge >= 0.3 is 0 Å². The first-order valence-electron chi connectivity index (χ1n) is 19.8. The molecule has 0 aliphatic carbocycles. The number of sulfone groups is 1. The molecule has 4 aromatic carbocycles. The summed E-state index contributed by atoms with van der Waals surface area (Å²) in [6.07, 6.45) is 4.82. The van der Waals surface area contributed by atoms with Crippen molar-refractivity contribution in [1.29, 1.82) is 0 Å². The second kappa shape index (κ2) is 15.9. The highest BCUT2D eigenvalue weighted by atomic mass is 32.2. The number of hydrogen-bond donors (Lipinski definition) is 1. The smallest absolute Gasteiger partial charge is 0.281 e. The van der Waals surface area contributed by atoms with Gasteiger partial charge in [0.1, 0.15) is 18.2 Å². The Hall–Kier alpha value is -5.99. The summed E-state index contributed by atoms with van der Waals surface area (Å²) in [6.45, 7) is 5.90. The van der Waals surface area contributed by atoms with Gasteiger partial charge in [-0.2, -0.15) is 5.10 Å². The Kier molecular flexibility index (Phi) is 10.8. The molecule has 0 spiro atoms. The van der Waals surface area contributed by atoms with Crippen molar-refractivity contribution in [1.82, 2.24) is 24.8 Å². The first-order chi connectivity index (χ1) is 28.6. The van der Waals surface area contributed by atoms with E-state index >= 15 is 8.78 Å². The van der Waals surface area contributed by atoms with Crippen molar-refractivity contribution in [2.75, 3.05) is 11.5 Å². The first-order valence-corrected chi connectivity index (χ1v) is 21.6. The number of hydrogen-bond acceptors (Lipinski definition) is 8. The van der Waals surface area contributed by atoms with Gasteiger partial charge in [-0.3, -0.25) is 14.4 Å². The maximum atomic E-state index is 15.8. The fourth-order valence-corrected chi connectivity index (χ4v) is 10.3. The van der Waals surface area contributed by atoms with E-state index in [1.165, 1.54) is 28.9 Å². The van der Waals surface area contributed by atoms with E-state index in [-0.39, 0.29) is 59.4 Å². The number of carbonyl (C=O) groups is 2. The number of benzene rings is 4. The van der Waals surface area contributed by atoms with E-state index in [2.05, 4.69) is 4.98 Å². The molecule has 2 aliphatic rings. The van der Waals surface area contributed by atoms with Gasteiger partial charge in [-0.1, -0.05) is 74.9 Å². The number of aromatic nitrogens is 4. The molecule has 0 saturated carbocycles. The molecule has 11 nitrogen and oxygen atoms in total. The first kappa shape index (κ1) is 40.8. The Bertz CT molecular complexity index is 2780. The van der Waals surface area contributed by atoms with Gasteiger partial charge in [0, 0.05) is 41.4 Å². The van der Waals surface area contributed by atoms with Crippen LogP contribution in [-0.2, 0) is 49.8 Å². The molecule has 14 heteroatoms. The lowest BCUT2D eigenvalue weighted by Crippen LogP contribution is -2.29. The zero-order valence-corrected chi connectivity index (χ0v) is 34.6. The van der Waals surface area contributed by atoms with Gasteiger partial charge in [-0.15, -0.1) is 5.06 Å². The summed E-state index contributed by atoms with van der Waals surface area (Å²) in [5, 5.41) is 6.29. The second-order valence-electron chi connectivity index (χ2n) is 16.6. The number of aryl methyl sites for hydroxylation is 2. The number of H-pyrrole nitrogens is 1. The molecule has 4 bridgehead atoms. The number of rotatable bonds is 5. The van der Waals surface area contributed by atoms with Crippen LogP contribution in [0.5, 0.6) is 11.5 Å². The van der Waals surface area contributed by atoms with Gasteiger partial charge in [-0.05, 0) is 78.6 Å². The molecule has 2 aromatic heterocycles. The topological polar surface area (TPSA) is 136 Å². The van der Waals surface area contributed by atoms with Crippen LogP contribution in [0.25, 0.3) is 28.4 Å². The van der Waals surface area contributed by atoms with Crippen molar-refractivity contribution >= 4 is 38.6 Å². The molecule has 310 valence electrons. The SMILES string of the molecule is Cn1nc2nc1-c1cc(ccc1F)Oc1c(F)cc3[nH]ccc3c1CCS(=O)(=O)CC(C)(C)CCCC2(C)c1cccc(/C=C2/CC(=O)N(OCc3ccccc3)C2=O)c1. The summed E-state index contributed by atoms with van der Waals surface area (Å²) in [6, 6.07) is 23.9. The molecule has 2 aliphatic heterocycles. The van der Waals surface area contributed by atoms with Crippen molar-refractivity contribution < 1.29 is 36.4 Å².